The van der Waals surface area contributed by atoms with Gasteiger partial charge in [0, 0.05) is 16.5 Å². The van der Waals surface area contributed by atoms with Gasteiger partial charge in [0.2, 0.25) is 5.91 Å². The first-order valence-electron chi connectivity index (χ1n) is 4.95. The Morgan fingerprint density at radius 1 is 1.44 bits per heavy atom. The molecule has 16 heavy (non-hydrogen) atoms. The summed E-state index contributed by atoms with van der Waals surface area (Å²) < 4.78 is 0. The molecule has 84 valence electrons. The Kier molecular flexibility index (Phi) is 3.46. The van der Waals surface area contributed by atoms with Crippen molar-refractivity contribution in [2.45, 2.75) is 12.8 Å². The summed E-state index contributed by atoms with van der Waals surface area (Å²) in [6.45, 7) is 0. The van der Waals surface area contributed by atoms with Crippen molar-refractivity contribution in [3.8, 4) is 0 Å². The lowest BCUT2D eigenvalue weighted by molar-refractivity contribution is -0.122. The first-order chi connectivity index (χ1) is 7.66. The maximum atomic E-state index is 11.3. The highest BCUT2D eigenvalue weighted by Crippen LogP contribution is 2.28. The van der Waals surface area contributed by atoms with Crippen LogP contribution in [0.1, 0.15) is 18.4 Å². The maximum Gasteiger partial charge on any atom is 0.243 e. The molecule has 1 N–H and O–H groups in total. The number of hydrogen-bond donors (Lipinski definition) is 1. The Morgan fingerprint density at radius 3 is 2.81 bits per heavy atom. The van der Waals surface area contributed by atoms with Gasteiger partial charge in [-0.1, -0.05) is 29.3 Å². The van der Waals surface area contributed by atoms with Gasteiger partial charge in [-0.3, -0.25) is 4.79 Å². The van der Waals surface area contributed by atoms with E-state index >= 15 is 0 Å². The molecule has 0 saturated heterocycles. The van der Waals surface area contributed by atoms with Gasteiger partial charge in [-0.25, -0.2) is 5.43 Å². The largest absolute Gasteiger partial charge is 0.273 e. The predicted octanol–water partition coefficient (Wildman–Crippen LogP) is 2.85. The van der Waals surface area contributed by atoms with Crippen molar-refractivity contribution in [2.75, 3.05) is 0 Å². The second kappa shape index (κ2) is 4.85. The van der Waals surface area contributed by atoms with E-state index < -0.39 is 0 Å². The quantitative estimate of drug-likeness (QED) is 0.656. The van der Waals surface area contributed by atoms with Crippen LogP contribution in [-0.4, -0.2) is 12.1 Å². The zero-order chi connectivity index (χ0) is 11.5. The van der Waals surface area contributed by atoms with Crippen molar-refractivity contribution < 1.29 is 4.79 Å². The molecule has 0 bridgehead atoms. The van der Waals surface area contributed by atoms with Crippen LogP contribution in [0.5, 0.6) is 0 Å². The second-order valence-corrected chi connectivity index (χ2v) is 4.52. The lowest BCUT2D eigenvalue weighted by atomic mass is 10.2. The predicted molar refractivity (Wildman–Crippen MR) is 64.9 cm³/mol. The average Bonchev–Trinajstić information content (AvgIpc) is 3.04. The number of halogens is 2. The fourth-order valence-corrected chi connectivity index (χ4v) is 1.67. The van der Waals surface area contributed by atoms with E-state index in [0.717, 1.165) is 18.4 Å². The van der Waals surface area contributed by atoms with Gasteiger partial charge in [-0.05, 0) is 25.0 Å². The molecule has 5 heteroatoms. The molecule has 2 rings (SSSR count). The van der Waals surface area contributed by atoms with Crippen LogP contribution in [0, 0.1) is 5.92 Å². The molecule has 0 aromatic heterocycles. The molecule has 3 nitrogen and oxygen atoms in total. The lowest BCUT2D eigenvalue weighted by Crippen LogP contribution is -2.18. The van der Waals surface area contributed by atoms with Crippen molar-refractivity contribution >= 4 is 35.3 Å². The van der Waals surface area contributed by atoms with Gasteiger partial charge >= 0.3 is 0 Å². The third-order valence-electron chi connectivity index (χ3n) is 2.29. The molecule has 0 heterocycles. The summed E-state index contributed by atoms with van der Waals surface area (Å²) in [5.74, 6) is 0.124. The minimum absolute atomic E-state index is 0.0265. The van der Waals surface area contributed by atoms with Crippen molar-refractivity contribution in [2.24, 2.45) is 11.0 Å². The fraction of sp³-hybridized carbons (Fsp3) is 0.273. The molecule has 0 aliphatic heterocycles. The Bertz CT molecular complexity index is 442. The third kappa shape index (κ3) is 2.97. The van der Waals surface area contributed by atoms with Crippen LogP contribution in [-0.2, 0) is 4.79 Å². The Morgan fingerprint density at radius 2 is 2.19 bits per heavy atom. The summed E-state index contributed by atoms with van der Waals surface area (Å²) in [5, 5.41) is 4.93. The van der Waals surface area contributed by atoms with E-state index in [1.165, 1.54) is 6.21 Å². The molecule has 1 amide bonds. The number of rotatable bonds is 3. The minimum Gasteiger partial charge on any atom is -0.273 e. The summed E-state index contributed by atoms with van der Waals surface area (Å²) in [6.07, 6.45) is 3.44. The molecule has 1 aliphatic rings. The highest BCUT2D eigenvalue weighted by Gasteiger charge is 2.29. The van der Waals surface area contributed by atoms with E-state index in [9.17, 15) is 4.79 Å². The van der Waals surface area contributed by atoms with Gasteiger partial charge in [0.05, 0.1) is 11.2 Å². The minimum atomic E-state index is -0.0265. The van der Waals surface area contributed by atoms with Gasteiger partial charge in [0.25, 0.3) is 0 Å². The van der Waals surface area contributed by atoms with Gasteiger partial charge in [0.1, 0.15) is 0 Å². The molecule has 1 aromatic carbocycles. The Labute approximate surface area is 103 Å². The van der Waals surface area contributed by atoms with Crippen LogP contribution in [0.15, 0.2) is 23.3 Å². The molecule has 0 spiro atoms. The van der Waals surface area contributed by atoms with Crippen LogP contribution in [0.2, 0.25) is 10.0 Å². The van der Waals surface area contributed by atoms with Crippen molar-refractivity contribution in [1.82, 2.24) is 5.43 Å². The van der Waals surface area contributed by atoms with Gasteiger partial charge in [-0.15, -0.1) is 0 Å². The number of benzene rings is 1. The van der Waals surface area contributed by atoms with Crippen molar-refractivity contribution in [3.63, 3.8) is 0 Å². The van der Waals surface area contributed by atoms with Crippen LogP contribution >= 0.6 is 23.2 Å². The molecule has 0 radical (unpaired) electrons. The fourth-order valence-electron chi connectivity index (χ4n) is 1.21. The molecule has 0 unspecified atom stereocenters. The highest BCUT2D eigenvalue weighted by atomic mass is 35.5. The third-order valence-corrected chi connectivity index (χ3v) is 2.85. The Balaban J connectivity index is 1.97. The van der Waals surface area contributed by atoms with E-state index in [4.69, 9.17) is 23.2 Å². The van der Waals surface area contributed by atoms with Crippen molar-refractivity contribution in [1.29, 1.82) is 0 Å². The molecule has 0 atom stereocenters. The number of nitrogens with zero attached hydrogens (tertiary/aromatic N) is 1. The smallest absolute Gasteiger partial charge is 0.243 e. The van der Waals surface area contributed by atoms with Crippen LogP contribution in [0.4, 0.5) is 0 Å². The van der Waals surface area contributed by atoms with E-state index in [1.54, 1.807) is 18.2 Å². The van der Waals surface area contributed by atoms with E-state index in [-0.39, 0.29) is 11.8 Å². The van der Waals surface area contributed by atoms with E-state index in [0.29, 0.717) is 10.0 Å². The summed E-state index contributed by atoms with van der Waals surface area (Å²) in [7, 11) is 0. The highest BCUT2D eigenvalue weighted by molar-refractivity contribution is 6.36. The number of carbonyl (C=O) groups excluding carboxylic acids is 1. The number of carbonyl (C=O) groups is 1. The molecule has 1 aliphatic carbocycles. The van der Waals surface area contributed by atoms with E-state index in [2.05, 4.69) is 10.5 Å². The first-order valence-corrected chi connectivity index (χ1v) is 5.70. The number of nitrogens with one attached hydrogen (secondary N) is 1. The zero-order valence-corrected chi connectivity index (χ0v) is 9.92. The number of hydrazone groups is 1. The molecule has 1 saturated carbocycles. The normalized spacial score (nSPS) is 15.4. The monoisotopic (exact) mass is 256 g/mol. The standard InChI is InChI=1S/C11H10Cl2N2O/c12-9-4-3-8(10(13)5-9)6-14-15-11(16)7-1-2-7/h3-7H,1-2H2,(H,15,16)/b14-6+. The molecular formula is C11H10Cl2N2O. The van der Waals surface area contributed by atoms with Crippen LogP contribution in [0.3, 0.4) is 0 Å². The summed E-state index contributed by atoms with van der Waals surface area (Å²) in [6, 6.07) is 5.10. The average molecular weight is 257 g/mol. The maximum absolute atomic E-state index is 11.3. The zero-order valence-electron chi connectivity index (χ0n) is 8.41. The summed E-state index contributed by atoms with van der Waals surface area (Å²) in [5.41, 5.74) is 3.20. The van der Waals surface area contributed by atoms with Gasteiger partial charge in [-0.2, -0.15) is 5.10 Å². The topological polar surface area (TPSA) is 41.5 Å². The first kappa shape index (κ1) is 11.4. The molecule has 1 fully saturated rings. The second-order valence-electron chi connectivity index (χ2n) is 3.67. The van der Waals surface area contributed by atoms with Gasteiger partial charge < -0.3 is 0 Å². The summed E-state index contributed by atoms with van der Waals surface area (Å²) >= 11 is 11.7. The van der Waals surface area contributed by atoms with Crippen LogP contribution < -0.4 is 5.43 Å². The number of hydrogen-bond acceptors (Lipinski definition) is 2. The van der Waals surface area contributed by atoms with Crippen LogP contribution in [0.25, 0.3) is 0 Å². The lowest BCUT2D eigenvalue weighted by Gasteiger charge is -1.99. The summed E-state index contributed by atoms with van der Waals surface area (Å²) in [4.78, 5) is 11.3. The SMILES string of the molecule is O=C(N/N=C/c1ccc(Cl)cc1Cl)C1CC1. The van der Waals surface area contributed by atoms with Gasteiger partial charge in [0.15, 0.2) is 0 Å². The molecular weight excluding hydrogens is 247 g/mol. The van der Waals surface area contributed by atoms with E-state index in [1.807, 2.05) is 0 Å². The Hall–Kier alpha value is -1.06. The molecule has 1 aromatic rings. The van der Waals surface area contributed by atoms with Crippen molar-refractivity contribution in [3.05, 3.63) is 33.8 Å². The number of amides is 1.